The van der Waals surface area contributed by atoms with E-state index in [0.29, 0.717) is 0 Å². The van der Waals surface area contributed by atoms with Crippen LogP contribution in [-0.4, -0.2) is 143 Å². The number of hydrogen-bond donors (Lipinski definition) is 10. The van der Waals surface area contributed by atoms with E-state index in [-0.39, 0.29) is 13.0 Å². The van der Waals surface area contributed by atoms with Gasteiger partial charge in [0.1, 0.15) is 54.4 Å². The Balaban J connectivity index is 1.73. The Labute approximate surface area is 204 Å². The van der Waals surface area contributed by atoms with E-state index in [2.05, 4.69) is 10.6 Å². The monoisotopic (exact) mass is 510 g/mol. The van der Waals surface area contributed by atoms with Crippen LogP contribution in [0.25, 0.3) is 0 Å². The number of aliphatic hydroxyl groups is 6. The number of hydrogen-bond acceptors (Lipinski definition) is 14. The first-order valence-corrected chi connectivity index (χ1v) is 11.9. The molecule has 3 fully saturated rings. The SMILES string of the molecule is CNC(C)[C@H]1O[C@@H](O[C@H]2[C@H](O)[C@@H](O[C@H]3OC[C@](C)(O)[C@H](NC)[C@H]3O)[C@H](N)C[C@@H]2N)[C@H](O)[C@@H](O)[C@@H]1O. The fourth-order valence-corrected chi connectivity index (χ4v) is 5.08. The maximum Gasteiger partial charge on any atom is 0.187 e. The summed E-state index contributed by atoms with van der Waals surface area (Å²) in [5.74, 6) is 0. The lowest BCUT2D eigenvalue weighted by molar-refractivity contribution is -0.333. The van der Waals surface area contributed by atoms with Gasteiger partial charge in [-0.15, -0.1) is 0 Å². The second-order valence-corrected chi connectivity index (χ2v) is 10.1. The zero-order valence-corrected chi connectivity index (χ0v) is 20.5. The van der Waals surface area contributed by atoms with Crippen LogP contribution >= 0.6 is 0 Å². The van der Waals surface area contributed by atoms with Gasteiger partial charge in [0.05, 0.1) is 12.6 Å². The number of nitrogens with two attached hydrogens (primary N) is 2. The Hall–Kier alpha value is -0.560. The van der Waals surface area contributed by atoms with E-state index in [1.165, 1.54) is 6.92 Å². The molecule has 0 amide bonds. The molecule has 1 unspecified atom stereocenters. The average molecular weight is 511 g/mol. The van der Waals surface area contributed by atoms with Crippen LogP contribution in [0.5, 0.6) is 0 Å². The Bertz CT molecular complexity index is 692. The fourth-order valence-electron chi connectivity index (χ4n) is 5.08. The standard InChI is InChI=1S/C21H42N4O10/c1-7(24-3)15-11(27)10(26)12(28)20(33-15)35-17-9(23)5-8(22)16(13(17)29)34-19-14(30)18(25-4)21(2,31)6-32-19/h7-20,24-31H,5-6,22-23H2,1-4H3/t7?,8-,9+,10+,11+,12-,13-,14-,15-,16+,17-,18-,19-,20+,21+/m1/s1. The number of rotatable bonds is 7. The zero-order chi connectivity index (χ0) is 26.2. The molecular weight excluding hydrogens is 468 g/mol. The van der Waals surface area contributed by atoms with Gasteiger partial charge in [-0.1, -0.05) is 0 Å². The third-order valence-electron chi connectivity index (χ3n) is 7.34. The van der Waals surface area contributed by atoms with Crippen LogP contribution in [-0.2, 0) is 18.9 Å². The van der Waals surface area contributed by atoms with Crippen LogP contribution in [0.2, 0.25) is 0 Å². The maximum atomic E-state index is 11.1. The van der Waals surface area contributed by atoms with Crippen LogP contribution < -0.4 is 22.1 Å². The maximum absolute atomic E-state index is 11.1. The summed E-state index contributed by atoms with van der Waals surface area (Å²) in [7, 11) is 3.23. The van der Waals surface area contributed by atoms with E-state index in [0.717, 1.165) is 0 Å². The Kier molecular flexibility index (Phi) is 9.49. The van der Waals surface area contributed by atoms with Crippen LogP contribution in [0.3, 0.4) is 0 Å². The van der Waals surface area contributed by atoms with Crippen molar-refractivity contribution in [1.82, 2.24) is 10.6 Å². The minimum absolute atomic E-state index is 0.134. The van der Waals surface area contributed by atoms with Crippen molar-refractivity contribution in [2.45, 2.75) is 111 Å². The topological polar surface area (TPSA) is 234 Å². The number of aliphatic hydroxyl groups excluding tert-OH is 5. The third kappa shape index (κ3) is 5.81. The lowest BCUT2D eigenvalue weighted by atomic mass is 9.84. The number of nitrogens with one attached hydrogen (secondary N) is 2. The predicted molar refractivity (Wildman–Crippen MR) is 121 cm³/mol. The molecule has 2 saturated heterocycles. The van der Waals surface area contributed by atoms with Crippen LogP contribution in [0.1, 0.15) is 20.3 Å². The third-order valence-corrected chi connectivity index (χ3v) is 7.34. The van der Waals surface area contributed by atoms with Gasteiger partial charge in [0.15, 0.2) is 12.6 Å². The lowest BCUT2D eigenvalue weighted by Crippen LogP contribution is -2.69. The molecule has 14 nitrogen and oxygen atoms in total. The highest BCUT2D eigenvalue weighted by Gasteiger charge is 2.52. The quantitative estimate of drug-likeness (QED) is 0.154. The highest BCUT2D eigenvalue weighted by molar-refractivity contribution is 5.02. The van der Waals surface area contributed by atoms with E-state index in [4.69, 9.17) is 30.4 Å². The van der Waals surface area contributed by atoms with Crippen LogP contribution in [0.15, 0.2) is 0 Å². The molecule has 0 radical (unpaired) electrons. The Morgan fingerprint density at radius 1 is 0.886 bits per heavy atom. The van der Waals surface area contributed by atoms with Crippen molar-refractivity contribution in [3.63, 3.8) is 0 Å². The van der Waals surface area contributed by atoms with Crippen molar-refractivity contribution < 1.29 is 49.6 Å². The second kappa shape index (κ2) is 11.4. The Morgan fingerprint density at radius 2 is 1.46 bits per heavy atom. The molecular formula is C21H42N4O10. The predicted octanol–water partition coefficient (Wildman–Crippen LogP) is -5.35. The molecule has 0 bridgehead atoms. The summed E-state index contributed by atoms with van der Waals surface area (Å²) in [5, 5.41) is 69.1. The zero-order valence-electron chi connectivity index (χ0n) is 20.5. The van der Waals surface area contributed by atoms with Crippen molar-refractivity contribution >= 4 is 0 Å². The van der Waals surface area contributed by atoms with Crippen LogP contribution in [0.4, 0.5) is 0 Å². The Morgan fingerprint density at radius 3 is 2.00 bits per heavy atom. The van der Waals surface area contributed by atoms with E-state index in [9.17, 15) is 30.6 Å². The minimum atomic E-state index is -1.61. The fraction of sp³-hybridized carbons (Fsp3) is 1.00. The van der Waals surface area contributed by atoms with Crippen molar-refractivity contribution in [3.05, 3.63) is 0 Å². The normalized spacial score (nSPS) is 52.3. The summed E-state index contributed by atoms with van der Waals surface area (Å²) >= 11 is 0. The summed E-state index contributed by atoms with van der Waals surface area (Å²) in [5.41, 5.74) is 11.1. The molecule has 1 aliphatic carbocycles. The van der Waals surface area contributed by atoms with Crippen molar-refractivity contribution in [1.29, 1.82) is 0 Å². The van der Waals surface area contributed by atoms with Gasteiger partial charge in [0.2, 0.25) is 0 Å². The summed E-state index contributed by atoms with van der Waals surface area (Å²) in [6, 6.07) is -2.68. The molecule has 15 atom stereocenters. The van der Waals surface area contributed by atoms with E-state index < -0.39 is 91.2 Å². The van der Waals surface area contributed by atoms with Gasteiger partial charge < -0.3 is 71.7 Å². The molecule has 0 aromatic carbocycles. The van der Waals surface area contributed by atoms with Gasteiger partial charge >= 0.3 is 0 Å². The molecule has 12 N–H and O–H groups in total. The first-order chi connectivity index (χ1) is 16.3. The van der Waals surface area contributed by atoms with Gasteiger partial charge in [0, 0.05) is 18.1 Å². The molecule has 35 heavy (non-hydrogen) atoms. The molecule has 0 aromatic rings. The molecule has 0 aromatic heterocycles. The van der Waals surface area contributed by atoms with E-state index in [1.807, 2.05) is 0 Å². The highest BCUT2D eigenvalue weighted by Crippen LogP contribution is 2.32. The first kappa shape index (κ1) is 29.0. The number of ether oxygens (including phenoxy) is 4. The number of likely N-dealkylation sites (N-methyl/N-ethyl adjacent to an activating group) is 2. The van der Waals surface area contributed by atoms with Crippen molar-refractivity contribution in [2.75, 3.05) is 20.7 Å². The molecule has 206 valence electrons. The van der Waals surface area contributed by atoms with E-state index in [1.54, 1.807) is 21.0 Å². The largest absolute Gasteiger partial charge is 0.388 e. The summed E-state index contributed by atoms with van der Waals surface area (Å²) < 4.78 is 23.0. The van der Waals surface area contributed by atoms with Crippen LogP contribution in [0, 0.1) is 0 Å². The van der Waals surface area contributed by atoms with Crippen molar-refractivity contribution in [3.8, 4) is 0 Å². The molecule has 0 spiro atoms. The molecule has 14 heteroatoms. The van der Waals surface area contributed by atoms with Gasteiger partial charge in [-0.2, -0.15) is 0 Å². The highest BCUT2D eigenvalue weighted by atomic mass is 16.7. The first-order valence-electron chi connectivity index (χ1n) is 11.9. The smallest absolute Gasteiger partial charge is 0.187 e. The van der Waals surface area contributed by atoms with Gasteiger partial charge in [-0.3, -0.25) is 0 Å². The second-order valence-electron chi connectivity index (χ2n) is 10.1. The molecule has 1 saturated carbocycles. The van der Waals surface area contributed by atoms with Crippen molar-refractivity contribution in [2.24, 2.45) is 11.5 Å². The molecule has 3 rings (SSSR count). The summed E-state index contributed by atoms with van der Waals surface area (Å²) in [6.45, 7) is 3.11. The molecule has 3 aliphatic rings. The van der Waals surface area contributed by atoms with Gasteiger partial charge in [0.25, 0.3) is 0 Å². The summed E-state index contributed by atoms with van der Waals surface area (Å²) in [4.78, 5) is 0. The molecule has 2 heterocycles. The summed E-state index contributed by atoms with van der Waals surface area (Å²) in [6.07, 6.45) is -12.8. The van der Waals surface area contributed by atoms with Gasteiger partial charge in [-0.05, 0) is 34.4 Å². The van der Waals surface area contributed by atoms with E-state index >= 15 is 0 Å². The van der Waals surface area contributed by atoms with Gasteiger partial charge in [-0.25, -0.2) is 0 Å². The lowest BCUT2D eigenvalue weighted by Gasteiger charge is -2.49. The molecule has 2 aliphatic heterocycles. The minimum Gasteiger partial charge on any atom is -0.388 e. The average Bonchev–Trinajstić information content (AvgIpc) is 2.80.